The maximum atomic E-state index is 11.5. The maximum Gasteiger partial charge on any atom is 0.227 e. The molecule has 0 unspecified atom stereocenters. The van der Waals surface area contributed by atoms with Crippen molar-refractivity contribution in [2.24, 2.45) is 5.11 Å². The number of nitrogens with zero attached hydrogens (tertiary/aromatic N) is 3. The zero-order chi connectivity index (χ0) is 16.0. The van der Waals surface area contributed by atoms with E-state index in [0.29, 0.717) is 0 Å². The molecule has 0 spiro atoms. The highest BCUT2D eigenvalue weighted by Crippen LogP contribution is 2.19. The first-order valence-corrected chi connectivity index (χ1v) is 6.10. The van der Waals surface area contributed by atoms with Crippen molar-refractivity contribution < 1.29 is 29.6 Å². The summed E-state index contributed by atoms with van der Waals surface area (Å²) in [6, 6.07) is -1.12. The third kappa shape index (κ3) is 4.55. The zero-order valence-corrected chi connectivity index (χ0v) is 11.2. The molecule has 5 atom stereocenters. The van der Waals surface area contributed by atoms with E-state index >= 15 is 0 Å². The van der Waals surface area contributed by atoms with Crippen LogP contribution in [0.15, 0.2) is 5.11 Å². The van der Waals surface area contributed by atoms with E-state index in [0.717, 1.165) is 0 Å². The van der Waals surface area contributed by atoms with Crippen molar-refractivity contribution >= 4 is 11.8 Å². The van der Waals surface area contributed by atoms with Crippen LogP contribution in [0.5, 0.6) is 0 Å². The largest absolute Gasteiger partial charge is 0.394 e. The van der Waals surface area contributed by atoms with Crippen molar-refractivity contribution in [3.63, 3.8) is 0 Å². The lowest BCUT2D eigenvalue weighted by Crippen LogP contribution is -2.68. The fourth-order valence-electron chi connectivity index (χ4n) is 1.94. The summed E-state index contributed by atoms with van der Waals surface area (Å²) < 4.78 is 5.24. The van der Waals surface area contributed by atoms with Gasteiger partial charge in [-0.2, -0.15) is 0 Å². The molecule has 1 aliphatic heterocycles. The third-order valence-electron chi connectivity index (χ3n) is 2.88. The van der Waals surface area contributed by atoms with E-state index in [2.05, 4.69) is 20.7 Å². The summed E-state index contributed by atoms with van der Waals surface area (Å²) >= 11 is 0. The predicted octanol–water partition coefficient (Wildman–Crippen LogP) is -2.64. The molecule has 0 bridgehead atoms. The van der Waals surface area contributed by atoms with Crippen molar-refractivity contribution in [1.29, 1.82) is 0 Å². The van der Waals surface area contributed by atoms with Crippen molar-refractivity contribution in [1.82, 2.24) is 10.6 Å². The Morgan fingerprint density at radius 3 is 2.52 bits per heavy atom. The Bertz CT molecular complexity index is 440. The second-order valence-corrected chi connectivity index (χ2v) is 4.44. The van der Waals surface area contributed by atoms with Crippen molar-refractivity contribution in [2.45, 2.75) is 37.5 Å². The molecule has 1 heterocycles. The number of hydrogen-bond donors (Lipinski definition) is 5. The van der Waals surface area contributed by atoms with Gasteiger partial charge in [0.25, 0.3) is 0 Å². The van der Waals surface area contributed by atoms with Gasteiger partial charge in [0, 0.05) is 11.8 Å². The van der Waals surface area contributed by atoms with Crippen LogP contribution >= 0.6 is 0 Å². The van der Waals surface area contributed by atoms with Crippen molar-refractivity contribution in [3.8, 4) is 0 Å². The number of carbonyl (C=O) groups excluding carboxylic acids is 2. The highest BCUT2D eigenvalue weighted by atomic mass is 16.5. The molecule has 11 nitrogen and oxygen atoms in total. The van der Waals surface area contributed by atoms with Crippen LogP contribution in [-0.4, -0.2) is 70.9 Å². The van der Waals surface area contributed by atoms with E-state index in [4.69, 9.17) is 15.4 Å². The minimum absolute atomic E-state index is 0.494. The number of aliphatic hydroxyl groups is 3. The number of ether oxygens (including phenoxy) is 1. The van der Waals surface area contributed by atoms with Crippen LogP contribution in [0.4, 0.5) is 0 Å². The maximum absolute atomic E-state index is 11.5. The Morgan fingerprint density at radius 2 is 2.00 bits per heavy atom. The van der Waals surface area contributed by atoms with E-state index in [9.17, 15) is 19.8 Å². The Hall–Kier alpha value is -1.91. The van der Waals surface area contributed by atoms with Gasteiger partial charge in [-0.15, -0.1) is 0 Å². The van der Waals surface area contributed by atoms with Gasteiger partial charge in [0.1, 0.15) is 30.9 Å². The fourth-order valence-corrected chi connectivity index (χ4v) is 1.94. The molecule has 21 heavy (non-hydrogen) atoms. The van der Waals surface area contributed by atoms with Gasteiger partial charge >= 0.3 is 0 Å². The van der Waals surface area contributed by atoms with Crippen LogP contribution in [-0.2, 0) is 14.3 Å². The standard InChI is InChI=1S/C10H17N5O6/c1-4(17)13-7-9(20)8(19)5(3-16)21-10(7)14-6(18)2-12-15-11/h5,7-10,16,19-20H,2-3H2,1H3,(H,13,17)(H,14,18)/t5-,7-,8-,9-,10-/m1/s1. The molecule has 1 fully saturated rings. The van der Waals surface area contributed by atoms with Crippen LogP contribution in [0.1, 0.15) is 6.92 Å². The zero-order valence-electron chi connectivity index (χ0n) is 11.2. The molecule has 1 saturated heterocycles. The second-order valence-electron chi connectivity index (χ2n) is 4.44. The van der Waals surface area contributed by atoms with E-state index in [1.54, 1.807) is 0 Å². The fraction of sp³-hybridized carbons (Fsp3) is 0.800. The van der Waals surface area contributed by atoms with Gasteiger partial charge in [0.05, 0.1) is 6.61 Å². The monoisotopic (exact) mass is 303 g/mol. The topological polar surface area (TPSA) is 177 Å². The number of azide groups is 1. The van der Waals surface area contributed by atoms with E-state index in [1.807, 2.05) is 0 Å². The highest BCUT2D eigenvalue weighted by Gasteiger charge is 2.45. The quantitative estimate of drug-likeness (QED) is 0.210. The minimum atomic E-state index is -1.45. The molecule has 0 aliphatic carbocycles. The summed E-state index contributed by atoms with van der Waals surface area (Å²) in [7, 11) is 0. The molecule has 0 saturated carbocycles. The number of nitrogens with one attached hydrogen (secondary N) is 2. The van der Waals surface area contributed by atoms with Gasteiger partial charge in [-0.25, -0.2) is 0 Å². The molecule has 2 amide bonds. The molecule has 1 aliphatic rings. The van der Waals surface area contributed by atoms with E-state index in [-0.39, 0.29) is 0 Å². The lowest BCUT2D eigenvalue weighted by atomic mass is 9.96. The number of rotatable bonds is 5. The van der Waals surface area contributed by atoms with Gasteiger partial charge in [-0.05, 0) is 5.53 Å². The first kappa shape index (κ1) is 17.1. The first-order valence-electron chi connectivity index (χ1n) is 6.10. The van der Waals surface area contributed by atoms with Crippen molar-refractivity contribution in [2.75, 3.05) is 13.2 Å². The highest BCUT2D eigenvalue weighted by molar-refractivity contribution is 5.78. The molecular formula is C10H17N5O6. The second kappa shape index (κ2) is 7.76. The first-order chi connectivity index (χ1) is 9.90. The van der Waals surface area contributed by atoms with Gasteiger partial charge in [-0.3, -0.25) is 9.59 Å². The van der Waals surface area contributed by atoms with Gasteiger partial charge in [0.2, 0.25) is 11.8 Å². The molecule has 11 heteroatoms. The predicted molar refractivity (Wildman–Crippen MR) is 67.5 cm³/mol. The minimum Gasteiger partial charge on any atom is -0.394 e. The van der Waals surface area contributed by atoms with Crippen LogP contribution in [0.25, 0.3) is 10.4 Å². The van der Waals surface area contributed by atoms with Crippen LogP contribution in [0, 0.1) is 0 Å². The average Bonchev–Trinajstić information content (AvgIpc) is 2.44. The molecular weight excluding hydrogens is 286 g/mol. The van der Waals surface area contributed by atoms with Gasteiger partial charge in [-0.1, -0.05) is 5.11 Å². The van der Waals surface area contributed by atoms with Gasteiger partial charge in [0.15, 0.2) is 6.23 Å². The molecule has 5 N–H and O–H groups in total. The molecule has 0 aromatic rings. The summed E-state index contributed by atoms with van der Waals surface area (Å²) in [4.78, 5) is 25.1. The summed E-state index contributed by atoms with van der Waals surface area (Å²) in [6.45, 7) is 0.107. The van der Waals surface area contributed by atoms with Crippen LogP contribution in [0.3, 0.4) is 0 Å². The SMILES string of the molecule is CC(=O)N[C@@H]1[C@@H](O)[C@H](O)[C@@H](CO)O[C@H]1NC(=O)CN=[N+]=[N-]. The average molecular weight is 303 g/mol. The van der Waals surface area contributed by atoms with Crippen LogP contribution < -0.4 is 10.6 Å². The van der Waals surface area contributed by atoms with E-state index in [1.165, 1.54) is 6.92 Å². The Labute approximate surface area is 119 Å². The Kier molecular flexibility index (Phi) is 6.34. The van der Waals surface area contributed by atoms with Crippen LogP contribution in [0.2, 0.25) is 0 Å². The third-order valence-corrected chi connectivity index (χ3v) is 2.88. The number of aliphatic hydroxyl groups excluding tert-OH is 3. The Balaban J connectivity index is 2.85. The summed E-state index contributed by atoms with van der Waals surface area (Å²) in [5.74, 6) is -1.21. The summed E-state index contributed by atoms with van der Waals surface area (Å²) in [5, 5.41) is 36.5. The lowest BCUT2D eigenvalue weighted by molar-refractivity contribution is -0.203. The Morgan fingerprint density at radius 1 is 1.33 bits per heavy atom. The van der Waals surface area contributed by atoms with E-state index < -0.39 is 55.5 Å². The normalized spacial score (nSPS) is 31.9. The van der Waals surface area contributed by atoms with Gasteiger partial charge < -0.3 is 30.7 Å². The molecule has 1 rings (SSSR count). The summed E-state index contributed by atoms with van der Waals surface area (Å²) in [6.07, 6.45) is -5.21. The molecule has 0 aromatic heterocycles. The molecule has 118 valence electrons. The smallest absolute Gasteiger partial charge is 0.227 e. The van der Waals surface area contributed by atoms with Crippen molar-refractivity contribution in [3.05, 3.63) is 10.4 Å². The molecule has 0 radical (unpaired) electrons. The number of carbonyl (C=O) groups is 2. The lowest BCUT2D eigenvalue weighted by Gasteiger charge is -2.42. The summed E-state index contributed by atoms with van der Waals surface area (Å²) in [5.41, 5.74) is 8.13. The number of hydrogen-bond acceptors (Lipinski definition) is 7. The number of amides is 2. The molecule has 0 aromatic carbocycles.